The highest BCUT2D eigenvalue weighted by molar-refractivity contribution is 5.70. The van der Waals surface area contributed by atoms with Crippen LogP contribution in [0.5, 0.6) is 23.0 Å². The SMILES string of the molecule is Cc1ccc(Oc2c(C)cc(-c3cc(C)c(Oc4ccc(C)c(C)c4)c(C)c3)cc2C)cc1C. The van der Waals surface area contributed by atoms with Gasteiger partial charge in [0.25, 0.3) is 0 Å². The fourth-order valence-electron chi connectivity index (χ4n) is 4.35. The molecule has 0 aromatic heterocycles. The van der Waals surface area contributed by atoms with Gasteiger partial charge in [-0.3, -0.25) is 0 Å². The largest absolute Gasteiger partial charge is 0.457 e. The number of ether oxygens (including phenoxy) is 2. The van der Waals surface area contributed by atoms with Crippen molar-refractivity contribution in [2.45, 2.75) is 55.4 Å². The van der Waals surface area contributed by atoms with Crippen LogP contribution in [0.4, 0.5) is 0 Å². The van der Waals surface area contributed by atoms with Gasteiger partial charge in [-0.25, -0.2) is 0 Å². The monoisotopic (exact) mass is 450 g/mol. The summed E-state index contributed by atoms with van der Waals surface area (Å²) in [5, 5.41) is 0. The van der Waals surface area contributed by atoms with Crippen LogP contribution in [-0.2, 0) is 0 Å². The molecule has 0 radical (unpaired) electrons. The maximum absolute atomic E-state index is 6.30. The lowest BCUT2D eigenvalue weighted by Crippen LogP contribution is -1.96. The Morgan fingerprint density at radius 2 is 0.676 bits per heavy atom. The van der Waals surface area contributed by atoms with E-state index in [1.807, 2.05) is 12.1 Å². The lowest BCUT2D eigenvalue weighted by atomic mass is 9.96. The van der Waals surface area contributed by atoms with Crippen molar-refractivity contribution in [3.8, 4) is 34.1 Å². The third kappa shape index (κ3) is 4.87. The Morgan fingerprint density at radius 1 is 0.353 bits per heavy atom. The zero-order chi connectivity index (χ0) is 24.6. The zero-order valence-corrected chi connectivity index (χ0v) is 21.6. The molecule has 0 aliphatic rings. The highest BCUT2D eigenvalue weighted by Crippen LogP contribution is 2.37. The van der Waals surface area contributed by atoms with Crippen LogP contribution in [0.15, 0.2) is 60.7 Å². The van der Waals surface area contributed by atoms with Gasteiger partial charge in [-0.05, 0) is 160 Å². The van der Waals surface area contributed by atoms with Gasteiger partial charge in [0.05, 0.1) is 0 Å². The van der Waals surface area contributed by atoms with E-state index in [2.05, 4.69) is 104 Å². The van der Waals surface area contributed by atoms with E-state index in [4.69, 9.17) is 9.47 Å². The summed E-state index contributed by atoms with van der Waals surface area (Å²) in [6.45, 7) is 16.9. The van der Waals surface area contributed by atoms with E-state index in [-0.39, 0.29) is 0 Å². The van der Waals surface area contributed by atoms with Crippen LogP contribution in [0.1, 0.15) is 44.5 Å². The molecular weight excluding hydrogens is 416 g/mol. The molecule has 2 heteroatoms. The summed E-state index contributed by atoms with van der Waals surface area (Å²) < 4.78 is 12.6. The van der Waals surface area contributed by atoms with Crippen molar-refractivity contribution < 1.29 is 9.47 Å². The summed E-state index contributed by atoms with van der Waals surface area (Å²) in [6, 6.07) is 21.3. The molecule has 0 unspecified atom stereocenters. The summed E-state index contributed by atoms with van der Waals surface area (Å²) in [5.41, 5.74) is 11.9. The van der Waals surface area contributed by atoms with Crippen molar-refractivity contribution in [1.29, 1.82) is 0 Å². The van der Waals surface area contributed by atoms with Crippen LogP contribution < -0.4 is 9.47 Å². The molecule has 4 aromatic rings. The molecule has 0 heterocycles. The molecule has 0 spiro atoms. The first-order valence-corrected chi connectivity index (χ1v) is 11.9. The number of benzene rings is 4. The van der Waals surface area contributed by atoms with Gasteiger partial charge >= 0.3 is 0 Å². The van der Waals surface area contributed by atoms with Crippen LogP contribution in [0.3, 0.4) is 0 Å². The first-order valence-electron chi connectivity index (χ1n) is 11.9. The second kappa shape index (κ2) is 9.38. The zero-order valence-electron chi connectivity index (χ0n) is 21.6. The predicted octanol–water partition coefficient (Wildman–Crippen LogP) is 9.41. The smallest absolute Gasteiger partial charge is 0.133 e. The summed E-state index contributed by atoms with van der Waals surface area (Å²) in [4.78, 5) is 0. The van der Waals surface area contributed by atoms with Gasteiger partial charge in [0.1, 0.15) is 23.0 Å². The van der Waals surface area contributed by atoms with Crippen molar-refractivity contribution in [2.24, 2.45) is 0 Å². The number of hydrogen-bond acceptors (Lipinski definition) is 2. The molecule has 0 saturated heterocycles. The highest BCUT2D eigenvalue weighted by Gasteiger charge is 2.13. The van der Waals surface area contributed by atoms with Crippen LogP contribution in [-0.4, -0.2) is 0 Å². The minimum absolute atomic E-state index is 0.876. The Bertz CT molecular complexity index is 1230. The van der Waals surface area contributed by atoms with Gasteiger partial charge < -0.3 is 9.47 Å². The molecule has 4 aromatic carbocycles. The molecule has 0 aliphatic carbocycles. The van der Waals surface area contributed by atoms with Gasteiger partial charge in [-0.2, -0.15) is 0 Å². The second-order valence-corrected chi connectivity index (χ2v) is 9.57. The first-order chi connectivity index (χ1) is 16.1. The molecule has 34 heavy (non-hydrogen) atoms. The fraction of sp³-hybridized carbons (Fsp3) is 0.250. The van der Waals surface area contributed by atoms with Crippen molar-refractivity contribution in [3.05, 3.63) is 105 Å². The topological polar surface area (TPSA) is 18.5 Å². The summed E-state index contributed by atoms with van der Waals surface area (Å²) in [6.07, 6.45) is 0. The minimum atomic E-state index is 0.876. The van der Waals surface area contributed by atoms with Gasteiger partial charge in [-0.1, -0.05) is 12.1 Å². The minimum Gasteiger partial charge on any atom is -0.457 e. The normalized spacial score (nSPS) is 10.9. The third-order valence-electron chi connectivity index (χ3n) is 6.65. The van der Waals surface area contributed by atoms with Crippen molar-refractivity contribution in [3.63, 3.8) is 0 Å². The average molecular weight is 451 g/mol. The van der Waals surface area contributed by atoms with Gasteiger partial charge in [0, 0.05) is 0 Å². The molecule has 0 bridgehead atoms. The number of aryl methyl sites for hydroxylation is 8. The number of hydrogen-bond donors (Lipinski definition) is 0. The molecule has 0 fully saturated rings. The van der Waals surface area contributed by atoms with Crippen LogP contribution in [0, 0.1) is 55.4 Å². The molecular formula is C32H34O2. The van der Waals surface area contributed by atoms with E-state index in [0.717, 1.165) is 45.3 Å². The van der Waals surface area contributed by atoms with Gasteiger partial charge in [0.15, 0.2) is 0 Å². The molecule has 0 saturated carbocycles. The summed E-state index contributed by atoms with van der Waals surface area (Å²) >= 11 is 0. The Hall–Kier alpha value is -3.52. The maximum Gasteiger partial charge on any atom is 0.133 e. The van der Waals surface area contributed by atoms with Crippen LogP contribution in [0.2, 0.25) is 0 Å². The van der Waals surface area contributed by atoms with E-state index >= 15 is 0 Å². The standard InChI is InChI=1S/C32H34O2/c1-19-9-11-29(17-21(19)3)33-31-23(5)13-27(14-24(31)6)28-15-25(7)32(26(8)16-28)34-30-12-10-20(2)22(4)18-30/h9-18H,1-8H3. The van der Waals surface area contributed by atoms with E-state index < -0.39 is 0 Å². The Labute approximate surface area is 204 Å². The van der Waals surface area contributed by atoms with Crippen molar-refractivity contribution in [1.82, 2.24) is 0 Å². The Morgan fingerprint density at radius 3 is 0.971 bits per heavy atom. The van der Waals surface area contributed by atoms with E-state index in [1.165, 1.54) is 33.4 Å². The molecule has 174 valence electrons. The van der Waals surface area contributed by atoms with Crippen LogP contribution >= 0.6 is 0 Å². The third-order valence-corrected chi connectivity index (χ3v) is 6.65. The van der Waals surface area contributed by atoms with E-state index in [9.17, 15) is 0 Å². The highest BCUT2D eigenvalue weighted by atomic mass is 16.5. The van der Waals surface area contributed by atoms with Crippen molar-refractivity contribution >= 4 is 0 Å². The Balaban J connectivity index is 1.64. The quantitative estimate of drug-likeness (QED) is 0.301. The molecule has 0 atom stereocenters. The van der Waals surface area contributed by atoms with Gasteiger partial charge in [-0.15, -0.1) is 0 Å². The predicted molar refractivity (Wildman–Crippen MR) is 143 cm³/mol. The molecule has 0 aliphatic heterocycles. The molecule has 0 N–H and O–H groups in total. The summed E-state index contributed by atoms with van der Waals surface area (Å²) in [5.74, 6) is 3.61. The van der Waals surface area contributed by atoms with Crippen LogP contribution in [0.25, 0.3) is 11.1 Å². The van der Waals surface area contributed by atoms with Crippen molar-refractivity contribution in [2.75, 3.05) is 0 Å². The second-order valence-electron chi connectivity index (χ2n) is 9.57. The first kappa shape index (κ1) is 23.6. The molecule has 0 amide bonds. The molecule has 2 nitrogen and oxygen atoms in total. The lowest BCUT2D eigenvalue weighted by molar-refractivity contribution is 0.474. The van der Waals surface area contributed by atoms with Gasteiger partial charge in [0.2, 0.25) is 0 Å². The summed E-state index contributed by atoms with van der Waals surface area (Å²) in [7, 11) is 0. The average Bonchev–Trinajstić information content (AvgIpc) is 2.78. The lowest BCUT2D eigenvalue weighted by Gasteiger charge is -2.17. The Kier molecular flexibility index (Phi) is 6.52. The number of rotatable bonds is 5. The fourth-order valence-corrected chi connectivity index (χ4v) is 4.35. The van der Waals surface area contributed by atoms with E-state index in [1.54, 1.807) is 0 Å². The van der Waals surface area contributed by atoms with E-state index in [0.29, 0.717) is 0 Å². The maximum atomic E-state index is 6.30. The molecule has 4 rings (SSSR count).